The number of hydrogen-bond acceptors (Lipinski definition) is 3. The summed E-state index contributed by atoms with van der Waals surface area (Å²) in [6, 6.07) is 15.7. The second-order valence-electron chi connectivity index (χ2n) is 7.32. The van der Waals surface area contributed by atoms with Crippen LogP contribution in [0, 0.1) is 5.92 Å². The van der Waals surface area contributed by atoms with Crippen LogP contribution in [0.5, 0.6) is 0 Å². The van der Waals surface area contributed by atoms with Crippen molar-refractivity contribution >= 4 is 46.3 Å². The summed E-state index contributed by atoms with van der Waals surface area (Å²) >= 11 is 1.84. The van der Waals surface area contributed by atoms with Gasteiger partial charge in [0.05, 0.1) is 5.00 Å². The molecular weight excluding hydrogens is 467 g/mol. The molecule has 2 atom stereocenters. The minimum absolute atomic E-state index is 0. The molecule has 0 bridgehead atoms. The summed E-state index contributed by atoms with van der Waals surface area (Å²) in [6.07, 6.45) is 3.61. The molecule has 146 valence electrons. The van der Waals surface area contributed by atoms with Gasteiger partial charge >= 0.3 is 0 Å². The van der Waals surface area contributed by atoms with Gasteiger partial charge in [-0.1, -0.05) is 30.3 Å². The van der Waals surface area contributed by atoms with Gasteiger partial charge in [0, 0.05) is 32.7 Å². The van der Waals surface area contributed by atoms with Crippen molar-refractivity contribution in [1.82, 2.24) is 10.6 Å². The van der Waals surface area contributed by atoms with Crippen LogP contribution in [0.1, 0.15) is 30.7 Å². The predicted octanol–water partition coefficient (Wildman–Crippen LogP) is 4.30. The molecule has 4 nitrogen and oxygen atoms in total. The Morgan fingerprint density at radius 3 is 2.59 bits per heavy atom. The SMILES string of the molecule is CN=C(NCC1CC1c1ccccc1)NC1CCN(c2cccs2)CC1.I. The molecule has 1 aromatic heterocycles. The molecule has 0 spiro atoms. The average Bonchev–Trinajstić information content (AvgIpc) is 3.27. The van der Waals surface area contributed by atoms with E-state index in [1.165, 1.54) is 17.0 Å². The number of nitrogens with one attached hydrogen (secondary N) is 2. The van der Waals surface area contributed by atoms with Crippen LogP contribution in [0.15, 0.2) is 52.8 Å². The Kier molecular flexibility index (Phi) is 7.41. The highest BCUT2D eigenvalue weighted by Gasteiger charge is 2.37. The van der Waals surface area contributed by atoms with Gasteiger partial charge in [-0.2, -0.15) is 0 Å². The quantitative estimate of drug-likeness (QED) is 0.369. The average molecular weight is 496 g/mol. The first-order valence-corrected chi connectivity index (χ1v) is 10.5. The standard InChI is InChI=1S/C21H28N4S.HI/c1-22-21(23-15-17-14-19(17)16-6-3-2-4-7-16)24-18-9-11-25(12-10-18)20-8-5-13-26-20;/h2-8,13,17-19H,9-12,14-15H2,1H3,(H2,22,23,24);1H. The smallest absolute Gasteiger partial charge is 0.191 e. The molecule has 6 heteroatoms. The van der Waals surface area contributed by atoms with Crippen molar-refractivity contribution in [3.05, 3.63) is 53.4 Å². The van der Waals surface area contributed by atoms with E-state index in [0.717, 1.165) is 50.3 Å². The molecule has 4 rings (SSSR count). The van der Waals surface area contributed by atoms with E-state index >= 15 is 0 Å². The molecule has 27 heavy (non-hydrogen) atoms. The Hall–Kier alpha value is -1.28. The maximum absolute atomic E-state index is 4.43. The second-order valence-corrected chi connectivity index (χ2v) is 8.25. The third-order valence-electron chi connectivity index (χ3n) is 5.56. The molecule has 0 amide bonds. The fourth-order valence-electron chi connectivity index (χ4n) is 3.89. The number of hydrogen-bond donors (Lipinski definition) is 2. The summed E-state index contributed by atoms with van der Waals surface area (Å²) in [5.74, 6) is 2.41. The molecule has 2 unspecified atom stereocenters. The lowest BCUT2D eigenvalue weighted by Crippen LogP contribution is -2.49. The molecule has 2 aromatic rings. The van der Waals surface area contributed by atoms with Gasteiger partial charge in [0.25, 0.3) is 0 Å². The Morgan fingerprint density at radius 1 is 1.15 bits per heavy atom. The van der Waals surface area contributed by atoms with Crippen molar-refractivity contribution in [1.29, 1.82) is 0 Å². The first-order valence-electron chi connectivity index (χ1n) is 9.64. The fourth-order valence-corrected chi connectivity index (χ4v) is 4.68. The van der Waals surface area contributed by atoms with Crippen LogP contribution in [0.4, 0.5) is 5.00 Å². The predicted molar refractivity (Wildman–Crippen MR) is 127 cm³/mol. The minimum Gasteiger partial charge on any atom is -0.363 e. The molecule has 1 saturated heterocycles. The normalized spacial score (nSPS) is 22.9. The van der Waals surface area contributed by atoms with Crippen LogP contribution >= 0.6 is 35.3 Å². The van der Waals surface area contributed by atoms with E-state index in [4.69, 9.17) is 0 Å². The van der Waals surface area contributed by atoms with E-state index in [1.54, 1.807) is 0 Å². The maximum Gasteiger partial charge on any atom is 0.191 e. The van der Waals surface area contributed by atoms with Gasteiger partial charge in [0.2, 0.25) is 0 Å². The largest absolute Gasteiger partial charge is 0.363 e. The molecule has 2 aliphatic rings. The zero-order chi connectivity index (χ0) is 17.8. The van der Waals surface area contributed by atoms with E-state index in [-0.39, 0.29) is 24.0 Å². The zero-order valence-electron chi connectivity index (χ0n) is 15.8. The molecule has 0 radical (unpaired) electrons. The number of halogens is 1. The summed E-state index contributed by atoms with van der Waals surface area (Å²) in [5, 5.41) is 10.7. The topological polar surface area (TPSA) is 39.7 Å². The van der Waals surface area contributed by atoms with E-state index in [0.29, 0.717) is 6.04 Å². The molecule has 1 aromatic carbocycles. The maximum atomic E-state index is 4.43. The van der Waals surface area contributed by atoms with Crippen LogP contribution in [0.2, 0.25) is 0 Å². The Labute approximate surface area is 183 Å². The lowest BCUT2D eigenvalue weighted by Gasteiger charge is -2.33. The van der Waals surface area contributed by atoms with Crippen LogP contribution in [-0.2, 0) is 0 Å². The number of thiophene rings is 1. The minimum atomic E-state index is 0. The molecule has 2 heterocycles. The monoisotopic (exact) mass is 496 g/mol. The summed E-state index contributed by atoms with van der Waals surface area (Å²) in [5.41, 5.74) is 1.48. The number of piperidine rings is 1. The zero-order valence-corrected chi connectivity index (χ0v) is 19.0. The first kappa shape index (κ1) is 20.5. The Balaban J connectivity index is 0.00000210. The molecule has 2 fully saturated rings. The number of anilines is 1. The molecule has 1 saturated carbocycles. The van der Waals surface area contributed by atoms with E-state index in [9.17, 15) is 0 Å². The van der Waals surface area contributed by atoms with Crippen molar-refractivity contribution in [2.24, 2.45) is 10.9 Å². The number of guanidine groups is 1. The first-order chi connectivity index (χ1) is 12.8. The molecule has 1 aliphatic heterocycles. The van der Waals surface area contributed by atoms with Crippen LogP contribution in [0.3, 0.4) is 0 Å². The van der Waals surface area contributed by atoms with Crippen molar-refractivity contribution in [2.75, 3.05) is 31.6 Å². The van der Waals surface area contributed by atoms with Crippen LogP contribution in [-0.4, -0.2) is 38.7 Å². The molecular formula is C21H29IN4S. The van der Waals surface area contributed by atoms with Gasteiger partial charge in [-0.3, -0.25) is 4.99 Å². The highest BCUT2D eigenvalue weighted by atomic mass is 127. The number of nitrogens with zero attached hydrogens (tertiary/aromatic N) is 2. The molecule has 1 aliphatic carbocycles. The summed E-state index contributed by atoms with van der Waals surface area (Å²) in [6.45, 7) is 3.25. The van der Waals surface area contributed by atoms with Gasteiger partial charge in [0.1, 0.15) is 0 Å². The van der Waals surface area contributed by atoms with Crippen molar-refractivity contribution in [3.8, 4) is 0 Å². The van der Waals surface area contributed by atoms with Crippen LogP contribution in [0.25, 0.3) is 0 Å². The summed E-state index contributed by atoms with van der Waals surface area (Å²) < 4.78 is 0. The number of rotatable bonds is 5. The van der Waals surface area contributed by atoms with Gasteiger partial charge in [-0.15, -0.1) is 35.3 Å². The van der Waals surface area contributed by atoms with Gasteiger partial charge in [-0.25, -0.2) is 0 Å². The van der Waals surface area contributed by atoms with E-state index in [2.05, 4.69) is 68.4 Å². The second kappa shape index (κ2) is 9.78. The van der Waals surface area contributed by atoms with E-state index in [1.807, 2.05) is 18.4 Å². The third-order valence-corrected chi connectivity index (χ3v) is 6.49. The summed E-state index contributed by atoms with van der Waals surface area (Å²) in [7, 11) is 1.87. The Bertz CT molecular complexity index is 711. The van der Waals surface area contributed by atoms with E-state index < -0.39 is 0 Å². The number of aliphatic imine (C=N–C) groups is 1. The van der Waals surface area contributed by atoms with Crippen LogP contribution < -0.4 is 15.5 Å². The fraction of sp³-hybridized carbons (Fsp3) is 0.476. The Morgan fingerprint density at radius 2 is 1.93 bits per heavy atom. The van der Waals surface area contributed by atoms with Crippen molar-refractivity contribution in [3.63, 3.8) is 0 Å². The van der Waals surface area contributed by atoms with Gasteiger partial charge in [-0.05, 0) is 54.2 Å². The molecule has 2 N–H and O–H groups in total. The highest BCUT2D eigenvalue weighted by Crippen LogP contribution is 2.46. The lowest BCUT2D eigenvalue weighted by atomic mass is 10.1. The summed E-state index contributed by atoms with van der Waals surface area (Å²) in [4.78, 5) is 6.93. The lowest BCUT2D eigenvalue weighted by molar-refractivity contribution is 0.462. The third kappa shape index (κ3) is 5.38. The van der Waals surface area contributed by atoms with Crippen molar-refractivity contribution < 1.29 is 0 Å². The number of benzene rings is 1. The van der Waals surface area contributed by atoms with Crippen molar-refractivity contribution in [2.45, 2.75) is 31.2 Å². The highest BCUT2D eigenvalue weighted by molar-refractivity contribution is 14.0. The van der Waals surface area contributed by atoms with Gasteiger partial charge in [0.15, 0.2) is 5.96 Å². The van der Waals surface area contributed by atoms with Gasteiger partial charge < -0.3 is 15.5 Å².